The minimum atomic E-state index is -0.825. The van der Waals surface area contributed by atoms with Gasteiger partial charge < -0.3 is 5.11 Å². The van der Waals surface area contributed by atoms with Crippen LogP contribution in [0.25, 0.3) is 0 Å². The second-order valence-corrected chi connectivity index (χ2v) is 4.94. The number of carboxylic acids is 1. The standard InChI is InChI=1S/C17H20N2O2/c1-2-8-15(17(20)21)19-16(13-9-4-3-5-10-13)14-11-6-7-12-18-14/h3-7,9-12,15-16,19H,2,8H2,1H3,(H,20,21). The van der Waals surface area contributed by atoms with E-state index in [-0.39, 0.29) is 6.04 Å². The average Bonchev–Trinajstić information content (AvgIpc) is 2.53. The van der Waals surface area contributed by atoms with Gasteiger partial charge in [0.15, 0.2) is 0 Å². The first kappa shape index (κ1) is 15.2. The number of carboxylic acid groups (broad SMARTS) is 1. The van der Waals surface area contributed by atoms with Gasteiger partial charge in [-0.3, -0.25) is 15.1 Å². The zero-order chi connectivity index (χ0) is 15.1. The molecule has 0 amide bonds. The van der Waals surface area contributed by atoms with Crippen LogP contribution in [-0.4, -0.2) is 22.1 Å². The Morgan fingerprint density at radius 2 is 1.90 bits per heavy atom. The fourth-order valence-electron chi connectivity index (χ4n) is 2.31. The minimum absolute atomic E-state index is 0.222. The van der Waals surface area contributed by atoms with E-state index in [1.807, 2.05) is 55.5 Å². The van der Waals surface area contributed by atoms with Crippen LogP contribution in [0.3, 0.4) is 0 Å². The smallest absolute Gasteiger partial charge is 0.320 e. The number of benzene rings is 1. The van der Waals surface area contributed by atoms with Crippen molar-refractivity contribution in [1.82, 2.24) is 10.3 Å². The van der Waals surface area contributed by atoms with Gasteiger partial charge in [0.2, 0.25) is 0 Å². The molecule has 4 heteroatoms. The SMILES string of the molecule is CCCC(NC(c1ccccc1)c1ccccn1)C(=O)O. The van der Waals surface area contributed by atoms with E-state index in [4.69, 9.17) is 0 Å². The lowest BCUT2D eigenvalue weighted by atomic mass is 10.0. The molecular formula is C17H20N2O2. The van der Waals surface area contributed by atoms with E-state index < -0.39 is 12.0 Å². The molecule has 1 aromatic carbocycles. The van der Waals surface area contributed by atoms with Crippen LogP contribution in [0.15, 0.2) is 54.7 Å². The van der Waals surface area contributed by atoms with E-state index in [0.29, 0.717) is 6.42 Å². The van der Waals surface area contributed by atoms with Gasteiger partial charge in [0.1, 0.15) is 6.04 Å². The number of aromatic nitrogens is 1. The minimum Gasteiger partial charge on any atom is -0.480 e. The highest BCUT2D eigenvalue weighted by Crippen LogP contribution is 2.21. The maximum Gasteiger partial charge on any atom is 0.320 e. The number of carbonyl (C=O) groups is 1. The van der Waals surface area contributed by atoms with Crippen molar-refractivity contribution in [2.45, 2.75) is 31.8 Å². The molecule has 0 aliphatic rings. The van der Waals surface area contributed by atoms with Crippen LogP contribution in [0.4, 0.5) is 0 Å². The number of hydrogen-bond acceptors (Lipinski definition) is 3. The number of rotatable bonds is 7. The third-order valence-corrected chi connectivity index (χ3v) is 3.36. The summed E-state index contributed by atoms with van der Waals surface area (Å²) in [5.41, 5.74) is 1.84. The number of pyridine rings is 1. The van der Waals surface area contributed by atoms with Crippen molar-refractivity contribution >= 4 is 5.97 Å². The first-order valence-corrected chi connectivity index (χ1v) is 7.17. The third kappa shape index (κ3) is 4.13. The molecule has 0 spiro atoms. The Hall–Kier alpha value is -2.20. The molecule has 0 aliphatic heterocycles. The van der Waals surface area contributed by atoms with Gasteiger partial charge in [-0.05, 0) is 24.1 Å². The van der Waals surface area contributed by atoms with Crippen molar-refractivity contribution in [3.05, 3.63) is 66.0 Å². The highest BCUT2D eigenvalue weighted by molar-refractivity contribution is 5.73. The summed E-state index contributed by atoms with van der Waals surface area (Å²) in [4.78, 5) is 15.8. The van der Waals surface area contributed by atoms with Crippen molar-refractivity contribution in [2.24, 2.45) is 0 Å². The zero-order valence-electron chi connectivity index (χ0n) is 12.1. The Kier molecular flexibility index (Phi) is 5.46. The molecule has 2 unspecified atom stereocenters. The Bertz CT molecular complexity index is 518. The van der Waals surface area contributed by atoms with Crippen molar-refractivity contribution < 1.29 is 9.90 Å². The fourth-order valence-corrected chi connectivity index (χ4v) is 2.31. The van der Waals surface area contributed by atoms with E-state index in [2.05, 4.69) is 10.3 Å². The van der Waals surface area contributed by atoms with E-state index in [0.717, 1.165) is 17.7 Å². The summed E-state index contributed by atoms with van der Waals surface area (Å²) in [6.07, 6.45) is 3.13. The Balaban J connectivity index is 2.30. The second kappa shape index (κ2) is 7.55. The van der Waals surface area contributed by atoms with Gasteiger partial charge in [0.25, 0.3) is 0 Å². The van der Waals surface area contributed by atoms with Gasteiger partial charge in [-0.1, -0.05) is 49.7 Å². The summed E-state index contributed by atoms with van der Waals surface area (Å²) in [5, 5.41) is 12.6. The summed E-state index contributed by atoms with van der Waals surface area (Å²) >= 11 is 0. The quantitative estimate of drug-likeness (QED) is 0.820. The van der Waals surface area contributed by atoms with Gasteiger partial charge in [0, 0.05) is 6.20 Å². The molecule has 4 nitrogen and oxygen atoms in total. The number of nitrogens with one attached hydrogen (secondary N) is 1. The van der Waals surface area contributed by atoms with Gasteiger partial charge in [0.05, 0.1) is 11.7 Å². The highest BCUT2D eigenvalue weighted by Gasteiger charge is 2.23. The number of hydrogen-bond donors (Lipinski definition) is 2. The average molecular weight is 284 g/mol. The van der Waals surface area contributed by atoms with Crippen molar-refractivity contribution in [3.8, 4) is 0 Å². The lowest BCUT2D eigenvalue weighted by Crippen LogP contribution is -2.39. The summed E-state index contributed by atoms with van der Waals surface area (Å²) in [5.74, 6) is -0.825. The molecule has 2 aromatic rings. The molecule has 2 rings (SSSR count). The molecule has 21 heavy (non-hydrogen) atoms. The maximum absolute atomic E-state index is 11.4. The van der Waals surface area contributed by atoms with E-state index in [1.54, 1.807) is 6.20 Å². The first-order valence-electron chi connectivity index (χ1n) is 7.17. The van der Waals surface area contributed by atoms with E-state index in [9.17, 15) is 9.90 Å². The van der Waals surface area contributed by atoms with Gasteiger partial charge in [-0.25, -0.2) is 0 Å². The van der Waals surface area contributed by atoms with Crippen LogP contribution in [0.5, 0.6) is 0 Å². The molecule has 1 heterocycles. The zero-order valence-corrected chi connectivity index (χ0v) is 12.1. The summed E-state index contributed by atoms with van der Waals surface area (Å²) in [6.45, 7) is 1.98. The molecule has 110 valence electrons. The Labute approximate surface area is 124 Å². The first-order chi connectivity index (χ1) is 10.2. The van der Waals surface area contributed by atoms with Crippen molar-refractivity contribution in [1.29, 1.82) is 0 Å². The molecule has 0 saturated carbocycles. The number of nitrogens with zero attached hydrogens (tertiary/aromatic N) is 1. The van der Waals surface area contributed by atoms with Gasteiger partial charge in [-0.15, -0.1) is 0 Å². The lowest BCUT2D eigenvalue weighted by Gasteiger charge is -2.23. The highest BCUT2D eigenvalue weighted by atomic mass is 16.4. The Morgan fingerprint density at radius 3 is 2.48 bits per heavy atom. The monoisotopic (exact) mass is 284 g/mol. The molecule has 2 N–H and O–H groups in total. The normalized spacial score (nSPS) is 13.6. The van der Waals surface area contributed by atoms with Crippen molar-refractivity contribution in [3.63, 3.8) is 0 Å². The predicted octanol–water partition coefficient (Wildman–Crippen LogP) is 3.01. The molecule has 2 atom stereocenters. The van der Waals surface area contributed by atoms with Crippen LogP contribution in [-0.2, 0) is 4.79 Å². The van der Waals surface area contributed by atoms with Crippen molar-refractivity contribution in [2.75, 3.05) is 0 Å². The molecule has 1 aromatic heterocycles. The summed E-state index contributed by atoms with van der Waals surface area (Å²) < 4.78 is 0. The third-order valence-electron chi connectivity index (χ3n) is 3.36. The molecule has 0 aliphatic carbocycles. The second-order valence-electron chi connectivity index (χ2n) is 4.94. The molecule has 0 saturated heterocycles. The van der Waals surface area contributed by atoms with Crippen LogP contribution in [0.1, 0.15) is 37.1 Å². The number of aliphatic carboxylic acids is 1. The van der Waals surface area contributed by atoms with Crippen LogP contribution in [0, 0.1) is 0 Å². The van der Waals surface area contributed by atoms with Crippen LogP contribution < -0.4 is 5.32 Å². The van der Waals surface area contributed by atoms with Gasteiger partial charge >= 0.3 is 5.97 Å². The maximum atomic E-state index is 11.4. The largest absolute Gasteiger partial charge is 0.480 e. The van der Waals surface area contributed by atoms with E-state index >= 15 is 0 Å². The lowest BCUT2D eigenvalue weighted by molar-refractivity contribution is -0.139. The molecule has 0 fully saturated rings. The predicted molar refractivity (Wildman–Crippen MR) is 82.0 cm³/mol. The van der Waals surface area contributed by atoms with Gasteiger partial charge in [-0.2, -0.15) is 0 Å². The van der Waals surface area contributed by atoms with E-state index in [1.165, 1.54) is 0 Å². The molecule has 0 radical (unpaired) electrons. The topological polar surface area (TPSA) is 62.2 Å². The summed E-state index contributed by atoms with van der Waals surface area (Å²) in [6, 6.07) is 14.7. The fraction of sp³-hybridized carbons (Fsp3) is 0.294. The Morgan fingerprint density at radius 1 is 1.19 bits per heavy atom. The molecule has 0 bridgehead atoms. The van der Waals surface area contributed by atoms with Crippen LogP contribution in [0.2, 0.25) is 0 Å². The summed E-state index contributed by atoms with van der Waals surface area (Å²) in [7, 11) is 0. The molecular weight excluding hydrogens is 264 g/mol. The van der Waals surface area contributed by atoms with Crippen LogP contribution >= 0.6 is 0 Å².